The molecule has 0 amide bonds. The molecule has 1 aromatic carbocycles. The lowest BCUT2D eigenvalue weighted by Crippen LogP contribution is -2.03. The molecule has 0 aliphatic heterocycles. The van der Waals surface area contributed by atoms with Crippen molar-refractivity contribution in [3.63, 3.8) is 0 Å². The van der Waals surface area contributed by atoms with Crippen molar-refractivity contribution < 1.29 is 9.90 Å². The topological polar surface area (TPSA) is 68.0 Å². The second-order valence-electron chi connectivity index (χ2n) is 4.22. The van der Waals surface area contributed by atoms with E-state index in [2.05, 4.69) is 10.3 Å². The number of aromatic hydroxyl groups is 1. The van der Waals surface area contributed by atoms with Crippen LogP contribution in [-0.4, -0.2) is 26.4 Å². The quantitative estimate of drug-likeness (QED) is 0.748. The molecular weight excluding hydrogens is 274 g/mol. The van der Waals surface area contributed by atoms with E-state index in [-0.39, 0.29) is 5.75 Å². The van der Waals surface area contributed by atoms with E-state index >= 15 is 0 Å². The number of rotatable bonds is 4. The van der Waals surface area contributed by atoms with Gasteiger partial charge in [-0.1, -0.05) is 11.3 Å². The van der Waals surface area contributed by atoms with Crippen molar-refractivity contribution in [1.29, 1.82) is 0 Å². The fourth-order valence-corrected chi connectivity index (χ4v) is 2.66. The second-order valence-corrected chi connectivity index (χ2v) is 5.26. The summed E-state index contributed by atoms with van der Waals surface area (Å²) in [7, 11) is 0. The van der Waals surface area contributed by atoms with E-state index in [1.807, 2.05) is 17.5 Å². The van der Waals surface area contributed by atoms with E-state index in [0.29, 0.717) is 18.4 Å². The molecule has 0 aliphatic rings. The van der Waals surface area contributed by atoms with Gasteiger partial charge >= 0.3 is 0 Å². The van der Waals surface area contributed by atoms with Crippen LogP contribution in [0.15, 0.2) is 41.8 Å². The highest BCUT2D eigenvalue weighted by Crippen LogP contribution is 2.20. The zero-order chi connectivity index (χ0) is 13.9. The van der Waals surface area contributed by atoms with E-state index in [1.54, 1.807) is 40.3 Å². The molecule has 0 unspecified atom stereocenters. The minimum atomic E-state index is 0.185. The van der Waals surface area contributed by atoms with Gasteiger partial charge in [0.05, 0.1) is 11.4 Å². The number of phenolic OH excluding ortho intramolecular Hbond substituents is 1. The first-order valence-electron chi connectivity index (χ1n) is 5.99. The molecule has 0 aliphatic carbocycles. The molecular formula is C14H11N3O2S. The number of phenols is 1. The van der Waals surface area contributed by atoms with Crippen LogP contribution >= 0.6 is 11.3 Å². The van der Waals surface area contributed by atoms with Gasteiger partial charge in [-0.05, 0) is 35.7 Å². The number of aldehydes is 1. The van der Waals surface area contributed by atoms with Crippen LogP contribution in [0.25, 0.3) is 5.69 Å². The number of benzene rings is 1. The van der Waals surface area contributed by atoms with Crippen LogP contribution in [0.4, 0.5) is 0 Å². The summed E-state index contributed by atoms with van der Waals surface area (Å²) in [6.07, 6.45) is 1.31. The standard InChI is InChI=1S/C14H11N3O2S/c18-9-13-14(8-12-2-1-7-20-12)17(16-15-13)10-3-5-11(19)6-4-10/h1-7,9,19H,8H2. The number of hydrogen-bond donors (Lipinski definition) is 1. The maximum absolute atomic E-state index is 11.1. The third-order valence-corrected chi connectivity index (χ3v) is 3.80. The van der Waals surface area contributed by atoms with Crippen LogP contribution in [-0.2, 0) is 6.42 Å². The molecule has 2 heterocycles. The highest BCUT2D eigenvalue weighted by atomic mass is 32.1. The van der Waals surface area contributed by atoms with Crippen molar-refractivity contribution in [2.24, 2.45) is 0 Å². The first-order chi connectivity index (χ1) is 9.78. The molecule has 6 heteroatoms. The Morgan fingerprint density at radius 3 is 2.70 bits per heavy atom. The number of thiophene rings is 1. The number of nitrogens with zero attached hydrogens (tertiary/aromatic N) is 3. The lowest BCUT2D eigenvalue weighted by molar-refractivity contribution is 0.111. The highest BCUT2D eigenvalue weighted by Gasteiger charge is 2.14. The normalized spacial score (nSPS) is 10.6. The molecule has 3 rings (SSSR count). The molecule has 0 spiro atoms. The Kier molecular flexibility index (Phi) is 3.30. The first-order valence-corrected chi connectivity index (χ1v) is 6.87. The number of carbonyl (C=O) groups excluding carboxylic acids is 1. The fraction of sp³-hybridized carbons (Fsp3) is 0.0714. The summed E-state index contributed by atoms with van der Waals surface area (Å²) in [5.41, 5.74) is 1.84. The molecule has 3 aromatic rings. The molecule has 0 bridgehead atoms. The molecule has 100 valence electrons. The van der Waals surface area contributed by atoms with E-state index < -0.39 is 0 Å². The third kappa shape index (κ3) is 2.33. The van der Waals surface area contributed by atoms with Gasteiger partial charge in [0.15, 0.2) is 6.29 Å². The maximum atomic E-state index is 11.1. The average Bonchev–Trinajstić information content (AvgIpc) is 3.10. The van der Waals surface area contributed by atoms with Crippen LogP contribution in [0.1, 0.15) is 21.1 Å². The zero-order valence-electron chi connectivity index (χ0n) is 10.4. The van der Waals surface area contributed by atoms with Crippen LogP contribution in [0.2, 0.25) is 0 Å². The number of carbonyl (C=O) groups is 1. The predicted octanol–water partition coefficient (Wildman–Crippen LogP) is 2.44. The maximum Gasteiger partial charge on any atom is 0.172 e. The SMILES string of the molecule is O=Cc1nnn(-c2ccc(O)cc2)c1Cc1cccs1. The Morgan fingerprint density at radius 1 is 1.25 bits per heavy atom. The molecule has 0 saturated heterocycles. The zero-order valence-corrected chi connectivity index (χ0v) is 11.2. The third-order valence-electron chi connectivity index (χ3n) is 2.92. The van der Waals surface area contributed by atoms with Gasteiger partial charge in [-0.3, -0.25) is 4.79 Å². The monoisotopic (exact) mass is 285 g/mol. The number of hydrogen-bond acceptors (Lipinski definition) is 5. The summed E-state index contributed by atoms with van der Waals surface area (Å²) in [6, 6.07) is 10.6. The fourth-order valence-electron chi connectivity index (χ4n) is 1.95. The van der Waals surface area contributed by atoms with Gasteiger partial charge in [0.2, 0.25) is 0 Å². The van der Waals surface area contributed by atoms with Crippen molar-refractivity contribution >= 4 is 17.6 Å². The van der Waals surface area contributed by atoms with Crippen LogP contribution < -0.4 is 0 Å². The minimum Gasteiger partial charge on any atom is -0.508 e. The summed E-state index contributed by atoms with van der Waals surface area (Å²) >= 11 is 1.62. The Bertz CT molecular complexity index is 717. The molecule has 0 atom stereocenters. The van der Waals surface area contributed by atoms with E-state index in [4.69, 9.17) is 0 Å². The molecule has 2 aromatic heterocycles. The van der Waals surface area contributed by atoms with Crippen molar-refractivity contribution in [2.45, 2.75) is 6.42 Å². The highest BCUT2D eigenvalue weighted by molar-refractivity contribution is 7.09. The van der Waals surface area contributed by atoms with E-state index in [1.165, 1.54) is 0 Å². The van der Waals surface area contributed by atoms with Crippen LogP contribution in [0.5, 0.6) is 5.75 Å². The minimum absolute atomic E-state index is 0.185. The van der Waals surface area contributed by atoms with Crippen LogP contribution in [0, 0.1) is 0 Å². The van der Waals surface area contributed by atoms with Gasteiger partial charge in [0.1, 0.15) is 11.4 Å². The van der Waals surface area contributed by atoms with Gasteiger partial charge < -0.3 is 5.11 Å². The molecule has 20 heavy (non-hydrogen) atoms. The van der Waals surface area contributed by atoms with Gasteiger partial charge in [0.25, 0.3) is 0 Å². The van der Waals surface area contributed by atoms with E-state index in [9.17, 15) is 9.90 Å². The van der Waals surface area contributed by atoms with Gasteiger partial charge in [-0.15, -0.1) is 16.4 Å². The van der Waals surface area contributed by atoms with E-state index in [0.717, 1.165) is 16.3 Å². The van der Waals surface area contributed by atoms with Crippen molar-refractivity contribution in [2.75, 3.05) is 0 Å². The summed E-state index contributed by atoms with van der Waals surface area (Å²) in [6.45, 7) is 0. The molecule has 0 saturated carbocycles. The Balaban J connectivity index is 2.04. The summed E-state index contributed by atoms with van der Waals surface area (Å²) in [5.74, 6) is 0.185. The number of aromatic nitrogens is 3. The van der Waals surface area contributed by atoms with Gasteiger partial charge in [0, 0.05) is 11.3 Å². The molecule has 0 radical (unpaired) electrons. The van der Waals surface area contributed by atoms with Crippen LogP contribution in [0.3, 0.4) is 0 Å². The first kappa shape index (κ1) is 12.6. The lowest BCUT2D eigenvalue weighted by atomic mass is 10.2. The van der Waals surface area contributed by atoms with Crippen molar-refractivity contribution in [3.8, 4) is 11.4 Å². The molecule has 0 fully saturated rings. The summed E-state index contributed by atoms with van der Waals surface area (Å²) < 4.78 is 1.63. The second kappa shape index (κ2) is 5.26. The summed E-state index contributed by atoms with van der Waals surface area (Å²) in [4.78, 5) is 12.2. The molecule has 5 nitrogen and oxygen atoms in total. The largest absolute Gasteiger partial charge is 0.508 e. The Morgan fingerprint density at radius 2 is 2.05 bits per heavy atom. The van der Waals surface area contributed by atoms with Gasteiger partial charge in [-0.2, -0.15) is 0 Å². The summed E-state index contributed by atoms with van der Waals surface area (Å²) in [5, 5.41) is 19.2. The van der Waals surface area contributed by atoms with Gasteiger partial charge in [-0.25, -0.2) is 4.68 Å². The lowest BCUT2D eigenvalue weighted by Gasteiger charge is -2.06. The predicted molar refractivity (Wildman–Crippen MR) is 75.5 cm³/mol. The Hall–Kier alpha value is -2.47. The molecule has 1 N–H and O–H groups in total. The van der Waals surface area contributed by atoms with Crippen molar-refractivity contribution in [1.82, 2.24) is 15.0 Å². The van der Waals surface area contributed by atoms with Crippen molar-refractivity contribution in [3.05, 3.63) is 58.0 Å². The Labute approximate surface area is 119 Å². The average molecular weight is 285 g/mol. The smallest absolute Gasteiger partial charge is 0.172 e.